The van der Waals surface area contributed by atoms with Crippen molar-refractivity contribution in [2.45, 2.75) is 90.4 Å². The second-order valence-corrected chi connectivity index (χ2v) is 6.60. The Labute approximate surface area is 147 Å². The summed E-state index contributed by atoms with van der Waals surface area (Å²) in [5, 5.41) is 9.64. The molecule has 5 nitrogen and oxygen atoms in total. The number of rotatable bonds is 14. The molecule has 0 saturated heterocycles. The van der Waals surface area contributed by atoms with Crippen LogP contribution in [0.15, 0.2) is 17.3 Å². The van der Waals surface area contributed by atoms with Gasteiger partial charge in [0.05, 0.1) is 0 Å². The molecule has 0 radical (unpaired) electrons. The highest BCUT2D eigenvalue weighted by Crippen LogP contribution is 2.12. The fourth-order valence-corrected chi connectivity index (χ4v) is 2.87. The van der Waals surface area contributed by atoms with Crippen LogP contribution in [0.1, 0.15) is 90.4 Å². The molecular formula is C19H36N4O. The monoisotopic (exact) mass is 336 g/mol. The maximum absolute atomic E-state index is 9.64. The lowest BCUT2D eigenvalue weighted by molar-refractivity contribution is 0.175. The number of nitrogens with two attached hydrogens (primary N) is 1. The van der Waals surface area contributed by atoms with Crippen molar-refractivity contribution >= 4 is 5.95 Å². The van der Waals surface area contributed by atoms with Gasteiger partial charge in [0.1, 0.15) is 0 Å². The smallest absolute Gasteiger partial charge is 0.236 e. The van der Waals surface area contributed by atoms with E-state index in [2.05, 4.69) is 16.9 Å². The molecular weight excluding hydrogens is 300 g/mol. The van der Waals surface area contributed by atoms with Crippen molar-refractivity contribution in [2.24, 2.45) is 4.99 Å². The molecule has 3 N–H and O–H groups in total. The predicted octanol–water partition coefficient (Wildman–Crippen LogP) is 4.69. The van der Waals surface area contributed by atoms with Gasteiger partial charge in [0.25, 0.3) is 0 Å². The van der Waals surface area contributed by atoms with E-state index >= 15 is 0 Å². The summed E-state index contributed by atoms with van der Waals surface area (Å²) in [6.45, 7) is 2.99. The van der Waals surface area contributed by atoms with Crippen molar-refractivity contribution in [1.29, 1.82) is 0 Å². The first kappa shape index (κ1) is 20.5. The highest BCUT2D eigenvalue weighted by Gasteiger charge is 1.96. The van der Waals surface area contributed by atoms with Crippen molar-refractivity contribution in [3.8, 4) is 0 Å². The zero-order chi connectivity index (χ0) is 17.5. The van der Waals surface area contributed by atoms with E-state index in [0.717, 1.165) is 17.7 Å². The minimum atomic E-state index is 0.0709. The SMILES string of the molecule is CCCCCCCCCCCCCCCN=c1ccnc(N)n1O. The Balaban J connectivity index is 1.91. The maximum atomic E-state index is 9.64. The Bertz CT molecular complexity index is 485. The number of hydrogen-bond acceptors (Lipinski definition) is 4. The van der Waals surface area contributed by atoms with E-state index in [1.807, 2.05) is 0 Å². The van der Waals surface area contributed by atoms with E-state index in [-0.39, 0.29) is 5.95 Å². The van der Waals surface area contributed by atoms with Gasteiger partial charge in [-0.15, -0.1) is 4.73 Å². The lowest BCUT2D eigenvalue weighted by Crippen LogP contribution is -2.22. The highest BCUT2D eigenvalue weighted by atomic mass is 16.5. The van der Waals surface area contributed by atoms with Gasteiger partial charge < -0.3 is 10.9 Å². The van der Waals surface area contributed by atoms with Gasteiger partial charge in [-0.25, -0.2) is 4.98 Å². The Morgan fingerprint density at radius 1 is 0.917 bits per heavy atom. The number of hydrogen-bond donors (Lipinski definition) is 2. The first-order chi connectivity index (χ1) is 11.8. The first-order valence-electron chi connectivity index (χ1n) is 9.79. The Morgan fingerprint density at radius 3 is 1.96 bits per heavy atom. The highest BCUT2D eigenvalue weighted by molar-refractivity contribution is 5.13. The average molecular weight is 337 g/mol. The maximum Gasteiger partial charge on any atom is 0.236 e. The summed E-state index contributed by atoms with van der Waals surface area (Å²) in [5.41, 5.74) is 5.99. The van der Waals surface area contributed by atoms with Crippen LogP contribution in [-0.4, -0.2) is 21.5 Å². The van der Waals surface area contributed by atoms with Crippen LogP contribution in [0.25, 0.3) is 0 Å². The van der Waals surface area contributed by atoms with Crippen LogP contribution < -0.4 is 11.2 Å². The average Bonchev–Trinajstić information content (AvgIpc) is 2.58. The molecule has 0 aliphatic rings. The molecule has 0 bridgehead atoms. The number of anilines is 1. The molecule has 1 heterocycles. The van der Waals surface area contributed by atoms with Crippen LogP contribution in [0, 0.1) is 0 Å². The van der Waals surface area contributed by atoms with Gasteiger partial charge in [0.15, 0.2) is 5.49 Å². The van der Waals surface area contributed by atoms with Gasteiger partial charge in [0.2, 0.25) is 5.95 Å². The second kappa shape index (κ2) is 13.9. The minimum absolute atomic E-state index is 0.0709. The van der Waals surface area contributed by atoms with Crippen LogP contribution in [-0.2, 0) is 0 Å². The third-order valence-corrected chi connectivity index (χ3v) is 4.40. The quantitative estimate of drug-likeness (QED) is 0.382. The molecule has 0 unspecified atom stereocenters. The number of nitrogen functional groups attached to an aromatic ring is 1. The third-order valence-electron chi connectivity index (χ3n) is 4.40. The van der Waals surface area contributed by atoms with Crippen molar-refractivity contribution in [1.82, 2.24) is 9.71 Å². The van der Waals surface area contributed by atoms with Gasteiger partial charge in [-0.1, -0.05) is 84.0 Å². The van der Waals surface area contributed by atoms with E-state index in [9.17, 15) is 5.21 Å². The van der Waals surface area contributed by atoms with Gasteiger partial charge in [0, 0.05) is 18.8 Å². The largest absolute Gasteiger partial charge is 0.423 e. The molecule has 138 valence electrons. The third kappa shape index (κ3) is 9.58. The predicted molar refractivity (Wildman–Crippen MR) is 99.9 cm³/mol. The van der Waals surface area contributed by atoms with E-state index < -0.39 is 0 Å². The molecule has 24 heavy (non-hydrogen) atoms. The Morgan fingerprint density at radius 2 is 1.42 bits per heavy atom. The lowest BCUT2D eigenvalue weighted by atomic mass is 10.0. The molecule has 0 fully saturated rings. The lowest BCUT2D eigenvalue weighted by Gasteiger charge is -2.03. The molecule has 0 atom stereocenters. The van der Waals surface area contributed by atoms with Gasteiger partial charge in [-0.3, -0.25) is 4.99 Å². The van der Waals surface area contributed by atoms with Gasteiger partial charge >= 0.3 is 0 Å². The molecule has 0 spiro atoms. The first-order valence-corrected chi connectivity index (χ1v) is 9.79. The molecule has 5 heteroatoms. The van der Waals surface area contributed by atoms with E-state index in [1.54, 1.807) is 12.3 Å². The van der Waals surface area contributed by atoms with Crippen LogP contribution in [0.2, 0.25) is 0 Å². The fourth-order valence-electron chi connectivity index (χ4n) is 2.87. The number of nitrogens with zero attached hydrogens (tertiary/aromatic N) is 3. The molecule has 0 aromatic carbocycles. The zero-order valence-corrected chi connectivity index (χ0v) is 15.4. The van der Waals surface area contributed by atoms with E-state index in [0.29, 0.717) is 5.49 Å². The van der Waals surface area contributed by atoms with Crippen LogP contribution in [0.5, 0.6) is 0 Å². The molecule has 1 rings (SSSR count). The van der Waals surface area contributed by atoms with Crippen molar-refractivity contribution < 1.29 is 5.21 Å². The molecule has 0 aliphatic carbocycles. The Kier molecular flexibility index (Phi) is 11.9. The Hall–Kier alpha value is -1.52. The van der Waals surface area contributed by atoms with Crippen molar-refractivity contribution in [3.05, 3.63) is 17.8 Å². The van der Waals surface area contributed by atoms with Crippen molar-refractivity contribution in [2.75, 3.05) is 12.3 Å². The minimum Gasteiger partial charge on any atom is -0.423 e. The topological polar surface area (TPSA) is 76.4 Å². The normalized spacial score (nSPS) is 12.0. The van der Waals surface area contributed by atoms with E-state index in [1.165, 1.54) is 77.0 Å². The summed E-state index contributed by atoms with van der Waals surface area (Å²) in [6, 6.07) is 1.67. The standard InChI is InChI=1S/C19H36N4O/c1-2-3-4-5-6-7-8-9-10-11-12-13-14-16-21-18-15-17-22-19(20)23(18)24/h15,17,24H,2-14,16H2,1H3,(H2,20,22). The number of aromatic nitrogens is 2. The molecule has 0 saturated carbocycles. The summed E-state index contributed by atoms with van der Waals surface area (Å²) in [7, 11) is 0. The molecule has 0 amide bonds. The summed E-state index contributed by atoms with van der Waals surface area (Å²) in [4.78, 5) is 8.14. The van der Waals surface area contributed by atoms with Crippen LogP contribution in [0.4, 0.5) is 5.95 Å². The fraction of sp³-hybridized carbons (Fsp3) is 0.789. The van der Waals surface area contributed by atoms with Gasteiger partial charge in [-0.05, 0) is 6.42 Å². The summed E-state index contributed by atoms with van der Waals surface area (Å²) >= 11 is 0. The van der Waals surface area contributed by atoms with Crippen LogP contribution in [0.3, 0.4) is 0 Å². The van der Waals surface area contributed by atoms with Crippen molar-refractivity contribution in [3.63, 3.8) is 0 Å². The zero-order valence-electron chi connectivity index (χ0n) is 15.4. The summed E-state index contributed by atoms with van der Waals surface area (Å²) < 4.78 is 0.836. The molecule has 0 aliphatic heterocycles. The van der Waals surface area contributed by atoms with Crippen LogP contribution >= 0.6 is 0 Å². The second-order valence-electron chi connectivity index (χ2n) is 6.60. The van der Waals surface area contributed by atoms with E-state index in [4.69, 9.17) is 5.73 Å². The summed E-state index contributed by atoms with van der Waals surface area (Å²) in [5.74, 6) is 0.0709. The number of unbranched alkanes of at least 4 members (excludes halogenated alkanes) is 12. The molecule has 1 aromatic heterocycles. The molecule has 1 aromatic rings. The summed E-state index contributed by atoms with van der Waals surface area (Å²) in [6.07, 6.45) is 19.0. The van der Waals surface area contributed by atoms with Gasteiger partial charge in [-0.2, -0.15) is 0 Å².